The van der Waals surface area contributed by atoms with Gasteiger partial charge in [0.05, 0.1) is 18.9 Å². The van der Waals surface area contributed by atoms with E-state index in [1.807, 2.05) is 18.2 Å². The molecule has 7 nitrogen and oxygen atoms in total. The van der Waals surface area contributed by atoms with Gasteiger partial charge in [-0.25, -0.2) is 4.79 Å². The van der Waals surface area contributed by atoms with Crippen LogP contribution < -0.4 is 0 Å². The molecule has 1 aliphatic heterocycles. The Labute approximate surface area is 166 Å². The quantitative estimate of drug-likeness (QED) is 0.251. The van der Waals surface area contributed by atoms with Crippen LogP contribution in [0.4, 0.5) is 4.79 Å². The van der Waals surface area contributed by atoms with Gasteiger partial charge in [-0.15, -0.1) is 0 Å². The average Bonchev–Trinajstić information content (AvgIpc) is 2.68. The number of benzene rings is 1. The first-order valence-electron chi connectivity index (χ1n) is 9.96. The third kappa shape index (κ3) is 7.86. The maximum atomic E-state index is 10.6. The Bertz CT molecular complexity index is 611. The van der Waals surface area contributed by atoms with Gasteiger partial charge in [0.2, 0.25) is 0 Å². The Morgan fingerprint density at radius 1 is 1.21 bits per heavy atom. The van der Waals surface area contributed by atoms with Gasteiger partial charge >= 0.3 is 12.1 Å². The molecule has 1 N–H and O–H groups in total. The van der Waals surface area contributed by atoms with Gasteiger partial charge in [-0.05, 0) is 37.7 Å². The van der Waals surface area contributed by atoms with Gasteiger partial charge in [-0.3, -0.25) is 0 Å². The number of rotatable bonds is 11. The fourth-order valence-electron chi connectivity index (χ4n) is 2.95. The number of hydrogen-bond donors (Lipinski definition) is 1. The molecule has 2 rings (SSSR count). The van der Waals surface area contributed by atoms with Crippen molar-refractivity contribution in [1.29, 1.82) is 0 Å². The van der Waals surface area contributed by atoms with E-state index in [0.29, 0.717) is 19.8 Å². The number of nitrogens with zero attached hydrogens (tertiary/aromatic N) is 1. The molecule has 1 saturated heterocycles. The van der Waals surface area contributed by atoms with Crippen LogP contribution in [0.3, 0.4) is 0 Å². The van der Waals surface area contributed by atoms with Crippen molar-refractivity contribution in [2.24, 2.45) is 11.1 Å². The number of hydrogen-bond acceptors (Lipinski definition) is 6. The van der Waals surface area contributed by atoms with Crippen LogP contribution in [-0.4, -0.2) is 42.8 Å². The van der Waals surface area contributed by atoms with E-state index in [0.717, 1.165) is 49.8 Å². The third-order valence-electron chi connectivity index (χ3n) is 4.58. The molecule has 156 valence electrons. The summed E-state index contributed by atoms with van der Waals surface area (Å²) >= 11 is 0. The standard InChI is InChI=1S/C21H31NO6/c1-3-4-13-19(18-11-6-5-7-12-18)22-27-14-9-8-10-17-15-25-21(2,26-16-17)28-20(23)24/h5-7,11-12,17H,3-4,8-10,13-16H2,1-2H3,(H,23,24). The van der Waals surface area contributed by atoms with Crippen LogP contribution >= 0.6 is 0 Å². The second-order valence-corrected chi connectivity index (χ2v) is 7.05. The maximum absolute atomic E-state index is 10.6. The summed E-state index contributed by atoms with van der Waals surface area (Å²) < 4.78 is 15.4. The smallest absolute Gasteiger partial charge is 0.450 e. The van der Waals surface area contributed by atoms with Gasteiger partial charge < -0.3 is 24.2 Å². The van der Waals surface area contributed by atoms with Crippen molar-refractivity contribution < 1.29 is 28.9 Å². The molecular weight excluding hydrogens is 362 g/mol. The van der Waals surface area contributed by atoms with Crippen LogP contribution in [0.15, 0.2) is 35.5 Å². The normalized spacial score (nSPS) is 22.6. The second-order valence-electron chi connectivity index (χ2n) is 7.05. The van der Waals surface area contributed by atoms with E-state index in [1.54, 1.807) is 0 Å². The molecule has 0 aliphatic carbocycles. The van der Waals surface area contributed by atoms with Crippen LogP contribution in [0.5, 0.6) is 0 Å². The highest BCUT2D eigenvalue weighted by atomic mass is 16.9. The van der Waals surface area contributed by atoms with Crippen LogP contribution in [0.1, 0.15) is 57.9 Å². The molecule has 28 heavy (non-hydrogen) atoms. The van der Waals surface area contributed by atoms with E-state index >= 15 is 0 Å². The van der Waals surface area contributed by atoms with Crippen molar-refractivity contribution in [3.63, 3.8) is 0 Å². The molecule has 1 fully saturated rings. The second kappa shape index (κ2) is 11.7. The molecule has 1 aliphatic rings. The average molecular weight is 393 g/mol. The lowest BCUT2D eigenvalue weighted by Crippen LogP contribution is -2.45. The van der Waals surface area contributed by atoms with Gasteiger partial charge in [-0.1, -0.05) is 48.8 Å². The molecule has 0 atom stereocenters. The van der Waals surface area contributed by atoms with Crippen molar-refractivity contribution in [3.05, 3.63) is 35.9 Å². The molecule has 0 spiro atoms. The van der Waals surface area contributed by atoms with Gasteiger partial charge in [0, 0.05) is 12.8 Å². The predicted molar refractivity (Wildman–Crippen MR) is 105 cm³/mol. The molecule has 0 amide bonds. The summed E-state index contributed by atoms with van der Waals surface area (Å²) in [6, 6.07) is 10.1. The zero-order chi connectivity index (χ0) is 20.2. The Balaban J connectivity index is 1.65. The first-order valence-corrected chi connectivity index (χ1v) is 9.96. The van der Waals surface area contributed by atoms with Crippen LogP contribution in [-0.2, 0) is 19.0 Å². The van der Waals surface area contributed by atoms with Gasteiger partial charge in [0.25, 0.3) is 0 Å². The molecule has 0 bridgehead atoms. The van der Waals surface area contributed by atoms with Crippen molar-refractivity contribution in [3.8, 4) is 0 Å². The highest BCUT2D eigenvalue weighted by Crippen LogP contribution is 2.25. The van der Waals surface area contributed by atoms with Crippen molar-refractivity contribution in [2.45, 2.75) is 58.3 Å². The molecule has 0 aromatic heterocycles. The van der Waals surface area contributed by atoms with E-state index in [2.05, 4.69) is 28.9 Å². The number of oxime groups is 1. The predicted octanol–water partition coefficient (Wildman–Crippen LogP) is 4.80. The van der Waals surface area contributed by atoms with Crippen molar-refractivity contribution >= 4 is 11.9 Å². The molecule has 7 heteroatoms. The summed E-state index contributed by atoms with van der Waals surface area (Å²) in [5.41, 5.74) is 2.10. The van der Waals surface area contributed by atoms with Crippen LogP contribution in [0.25, 0.3) is 0 Å². The van der Waals surface area contributed by atoms with E-state index in [-0.39, 0.29) is 5.92 Å². The van der Waals surface area contributed by atoms with E-state index in [1.165, 1.54) is 6.92 Å². The highest BCUT2D eigenvalue weighted by Gasteiger charge is 2.36. The lowest BCUT2D eigenvalue weighted by Gasteiger charge is -2.35. The summed E-state index contributed by atoms with van der Waals surface area (Å²) in [6.45, 7) is 5.03. The summed E-state index contributed by atoms with van der Waals surface area (Å²) in [7, 11) is 0. The highest BCUT2D eigenvalue weighted by molar-refractivity contribution is 6.00. The van der Waals surface area contributed by atoms with E-state index in [4.69, 9.17) is 19.4 Å². The molecule has 0 unspecified atom stereocenters. The van der Waals surface area contributed by atoms with Gasteiger partial charge in [0.1, 0.15) is 6.61 Å². The first-order chi connectivity index (χ1) is 13.5. The Morgan fingerprint density at radius 2 is 1.93 bits per heavy atom. The zero-order valence-electron chi connectivity index (χ0n) is 16.8. The third-order valence-corrected chi connectivity index (χ3v) is 4.58. The molecule has 1 aromatic rings. The monoisotopic (exact) mass is 393 g/mol. The molecule has 0 radical (unpaired) electrons. The lowest BCUT2D eigenvalue weighted by molar-refractivity contribution is -0.379. The summed E-state index contributed by atoms with van der Waals surface area (Å²) in [6.07, 6.45) is 4.47. The number of carboxylic acid groups (broad SMARTS) is 1. The van der Waals surface area contributed by atoms with Crippen molar-refractivity contribution in [1.82, 2.24) is 0 Å². The topological polar surface area (TPSA) is 86.6 Å². The van der Waals surface area contributed by atoms with Gasteiger partial charge in [-0.2, -0.15) is 0 Å². The minimum atomic E-state index is -1.49. The number of ether oxygens (including phenoxy) is 3. The summed E-state index contributed by atoms with van der Waals surface area (Å²) in [5.74, 6) is -1.27. The summed E-state index contributed by atoms with van der Waals surface area (Å²) in [4.78, 5) is 16.2. The SMILES string of the molecule is CCCCC(=NOCCCCC1COC(C)(OC(=O)O)OC1)c1ccccc1. The molecular formula is C21H31NO6. The van der Waals surface area contributed by atoms with Crippen LogP contribution in [0, 0.1) is 5.92 Å². The van der Waals surface area contributed by atoms with Crippen LogP contribution in [0.2, 0.25) is 0 Å². The Kier molecular flexibility index (Phi) is 9.23. The Hall–Kier alpha value is -2.12. The minimum Gasteiger partial charge on any atom is -0.450 e. The fraction of sp³-hybridized carbons (Fsp3) is 0.619. The fourth-order valence-corrected chi connectivity index (χ4v) is 2.95. The lowest BCUT2D eigenvalue weighted by atomic mass is 10.0. The Morgan fingerprint density at radius 3 is 2.57 bits per heavy atom. The molecule has 0 saturated carbocycles. The van der Waals surface area contributed by atoms with Crippen molar-refractivity contribution in [2.75, 3.05) is 19.8 Å². The number of carbonyl (C=O) groups is 1. The molecule has 1 heterocycles. The maximum Gasteiger partial charge on any atom is 0.510 e. The van der Waals surface area contributed by atoms with Gasteiger partial charge in [0.15, 0.2) is 0 Å². The molecule has 1 aromatic carbocycles. The number of unbranched alkanes of at least 4 members (excludes halogenated alkanes) is 2. The summed E-state index contributed by atoms with van der Waals surface area (Å²) in [5, 5.41) is 13.0. The van der Waals surface area contributed by atoms with E-state index < -0.39 is 12.1 Å². The first kappa shape index (κ1) is 22.2. The zero-order valence-corrected chi connectivity index (χ0v) is 16.8. The largest absolute Gasteiger partial charge is 0.510 e. The minimum absolute atomic E-state index is 0.221. The van der Waals surface area contributed by atoms with E-state index in [9.17, 15) is 4.79 Å².